The molecule has 3 aromatic rings. The number of thiophene rings is 1. The number of fused-ring (bicyclic) bond motifs is 1. The van der Waals surface area contributed by atoms with Crippen LogP contribution in [0.1, 0.15) is 33.8 Å². The van der Waals surface area contributed by atoms with Gasteiger partial charge in [-0.05, 0) is 43.4 Å². The monoisotopic (exact) mass is 425 g/mol. The third kappa shape index (κ3) is 4.44. The number of aromatic nitrogens is 3. The van der Waals surface area contributed by atoms with Gasteiger partial charge in [-0.3, -0.25) is 9.89 Å². The SMILES string of the molecule is Cc1ccccc1OCc1nc(SCC(=O)Nc2sc3c(c2C#N)CCC3)n[nH]1. The van der Waals surface area contributed by atoms with Gasteiger partial charge in [-0.25, -0.2) is 4.98 Å². The lowest BCUT2D eigenvalue weighted by Gasteiger charge is -2.06. The Kier molecular flexibility index (Phi) is 5.83. The predicted molar refractivity (Wildman–Crippen MR) is 112 cm³/mol. The molecule has 0 atom stereocenters. The minimum absolute atomic E-state index is 0.170. The van der Waals surface area contributed by atoms with E-state index in [1.807, 2.05) is 31.2 Å². The second-order valence-corrected chi connectivity index (χ2v) is 8.68. The van der Waals surface area contributed by atoms with Crippen molar-refractivity contribution < 1.29 is 9.53 Å². The maximum Gasteiger partial charge on any atom is 0.235 e. The molecule has 9 heteroatoms. The van der Waals surface area contributed by atoms with Crippen LogP contribution in [-0.2, 0) is 24.2 Å². The van der Waals surface area contributed by atoms with E-state index in [0.29, 0.717) is 21.5 Å². The number of anilines is 1. The fourth-order valence-corrected chi connectivity index (χ4v) is 5.05. The Bertz CT molecular complexity index is 1080. The number of thioether (sulfide) groups is 1. The summed E-state index contributed by atoms with van der Waals surface area (Å²) in [5.74, 6) is 1.39. The zero-order valence-electron chi connectivity index (χ0n) is 15.8. The van der Waals surface area contributed by atoms with Crippen LogP contribution in [0.15, 0.2) is 29.4 Å². The van der Waals surface area contributed by atoms with E-state index in [4.69, 9.17) is 4.74 Å². The highest BCUT2D eigenvalue weighted by Crippen LogP contribution is 2.38. The number of para-hydroxylation sites is 1. The molecule has 0 bridgehead atoms. The summed E-state index contributed by atoms with van der Waals surface area (Å²) >= 11 is 2.75. The van der Waals surface area contributed by atoms with Crippen LogP contribution in [0.2, 0.25) is 0 Å². The van der Waals surface area contributed by atoms with Gasteiger partial charge in [0.2, 0.25) is 11.1 Å². The molecule has 2 N–H and O–H groups in total. The molecule has 0 saturated carbocycles. The van der Waals surface area contributed by atoms with E-state index in [-0.39, 0.29) is 18.3 Å². The average Bonchev–Trinajstić information content (AvgIpc) is 3.42. The molecule has 0 aliphatic heterocycles. The van der Waals surface area contributed by atoms with Crippen LogP contribution in [0.3, 0.4) is 0 Å². The lowest BCUT2D eigenvalue weighted by Crippen LogP contribution is -2.14. The Labute approximate surface area is 176 Å². The Morgan fingerprint density at radius 2 is 2.28 bits per heavy atom. The minimum Gasteiger partial charge on any atom is -0.485 e. The van der Waals surface area contributed by atoms with Crippen molar-refractivity contribution in [1.82, 2.24) is 15.2 Å². The zero-order valence-corrected chi connectivity index (χ0v) is 17.5. The predicted octanol–water partition coefficient (Wildman–Crippen LogP) is 3.84. The van der Waals surface area contributed by atoms with Crippen LogP contribution in [-0.4, -0.2) is 26.8 Å². The van der Waals surface area contributed by atoms with Gasteiger partial charge in [0.05, 0.1) is 11.3 Å². The van der Waals surface area contributed by atoms with E-state index in [9.17, 15) is 10.1 Å². The Balaban J connectivity index is 1.29. The number of benzene rings is 1. The highest BCUT2D eigenvalue weighted by Gasteiger charge is 2.23. The molecular weight excluding hydrogens is 406 g/mol. The first-order chi connectivity index (χ1) is 14.1. The second-order valence-electron chi connectivity index (χ2n) is 6.63. The van der Waals surface area contributed by atoms with Crippen LogP contribution in [0, 0.1) is 18.3 Å². The molecule has 148 valence electrons. The molecule has 0 spiro atoms. The smallest absolute Gasteiger partial charge is 0.235 e. The lowest BCUT2D eigenvalue weighted by molar-refractivity contribution is -0.113. The third-order valence-corrected chi connectivity index (χ3v) is 6.64. The molecule has 0 fully saturated rings. The van der Waals surface area contributed by atoms with E-state index in [1.54, 1.807) is 0 Å². The summed E-state index contributed by atoms with van der Waals surface area (Å²) in [6.45, 7) is 2.26. The van der Waals surface area contributed by atoms with Gasteiger partial charge < -0.3 is 10.1 Å². The highest BCUT2D eigenvalue weighted by atomic mass is 32.2. The maximum atomic E-state index is 12.3. The number of nitrogens with zero attached hydrogens (tertiary/aromatic N) is 3. The van der Waals surface area contributed by atoms with Crippen molar-refractivity contribution in [3.8, 4) is 11.8 Å². The summed E-state index contributed by atoms with van der Waals surface area (Å²) in [7, 11) is 0. The fourth-order valence-electron chi connectivity index (χ4n) is 3.17. The van der Waals surface area contributed by atoms with Crippen molar-refractivity contribution in [2.45, 2.75) is 37.9 Å². The summed E-state index contributed by atoms with van der Waals surface area (Å²) in [5, 5.41) is 20.4. The summed E-state index contributed by atoms with van der Waals surface area (Å²) in [5.41, 5.74) is 2.77. The average molecular weight is 426 g/mol. The van der Waals surface area contributed by atoms with Crippen LogP contribution in [0.4, 0.5) is 5.00 Å². The summed E-state index contributed by atoms with van der Waals surface area (Å²) in [6, 6.07) is 10.00. The number of aromatic amines is 1. The summed E-state index contributed by atoms with van der Waals surface area (Å²) in [4.78, 5) is 17.9. The molecule has 4 rings (SSSR count). The zero-order chi connectivity index (χ0) is 20.2. The van der Waals surface area contributed by atoms with Crippen LogP contribution in [0.25, 0.3) is 0 Å². The quantitative estimate of drug-likeness (QED) is 0.557. The largest absolute Gasteiger partial charge is 0.485 e. The molecule has 29 heavy (non-hydrogen) atoms. The molecular formula is C20H19N5O2S2. The molecule has 0 radical (unpaired) electrons. The number of carbonyl (C=O) groups is 1. The number of nitrogens with one attached hydrogen (secondary N) is 2. The van der Waals surface area contributed by atoms with E-state index >= 15 is 0 Å². The number of carbonyl (C=O) groups excluding carboxylic acids is 1. The van der Waals surface area contributed by atoms with Crippen LogP contribution in [0.5, 0.6) is 5.75 Å². The molecule has 1 aliphatic carbocycles. The molecule has 1 aromatic carbocycles. The minimum atomic E-state index is -0.172. The van der Waals surface area contributed by atoms with Crippen molar-refractivity contribution in [2.75, 3.05) is 11.1 Å². The second kappa shape index (κ2) is 8.68. The Morgan fingerprint density at radius 3 is 3.10 bits per heavy atom. The number of H-pyrrole nitrogens is 1. The topological polar surface area (TPSA) is 104 Å². The summed E-state index contributed by atoms with van der Waals surface area (Å²) < 4.78 is 5.74. The van der Waals surface area contributed by atoms with Gasteiger partial charge in [0.15, 0.2) is 5.82 Å². The number of hydrogen-bond donors (Lipinski definition) is 2. The van der Waals surface area contributed by atoms with Crippen molar-refractivity contribution in [3.63, 3.8) is 0 Å². The van der Waals surface area contributed by atoms with Crippen molar-refractivity contribution in [2.24, 2.45) is 0 Å². The van der Waals surface area contributed by atoms with Crippen molar-refractivity contribution in [3.05, 3.63) is 51.7 Å². The number of nitriles is 1. The van der Waals surface area contributed by atoms with Gasteiger partial charge in [0.25, 0.3) is 0 Å². The molecule has 1 amide bonds. The van der Waals surface area contributed by atoms with Gasteiger partial charge in [-0.15, -0.1) is 16.4 Å². The molecule has 0 saturated heterocycles. The van der Waals surface area contributed by atoms with E-state index in [1.165, 1.54) is 28.0 Å². The molecule has 2 heterocycles. The number of aryl methyl sites for hydroxylation is 2. The van der Waals surface area contributed by atoms with E-state index in [2.05, 4.69) is 26.6 Å². The molecule has 7 nitrogen and oxygen atoms in total. The molecule has 2 aromatic heterocycles. The van der Waals surface area contributed by atoms with E-state index < -0.39 is 0 Å². The standard InChI is InChI=1S/C20H19N5O2S2/c1-12-5-2-3-7-15(12)27-10-17-22-20(25-24-17)28-11-18(26)23-19-14(9-21)13-6-4-8-16(13)29-19/h2-3,5,7H,4,6,8,10-11H2,1H3,(H,23,26)(H,22,24,25). The van der Waals surface area contributed by atoms with Crippen molar-refractivity contribution in [1.29, 1.82) is 5.26 Å². The van der Waals surface area contributed by atoms with Crippen molar-refractivity contribution >= 4 is 34.0 Å². The normalized spacial score (nSPS) is 12.4. The molecule has 0 unspecified atom stereocenters. The first-order valence-electron chi connectivity index (χ1n) is 9.21. The first-order valence-corrected chi connectivity index (χ1v) is 11.0. The fraction of sp³-hybridized carbons (Fsp3) is 0.300. The maximum absolute atomic E-state index is 12.3. The molecule has 1 aliphatic rings. The Morgan fingerprint density at radius 1 is 1.41 bits per heavy atom. The first kappa shape index (κ1) is 19.5. The van der Waals surface area contributed by atoms with Crippen LogP contribution >= 0.6 is 23.1 Å². The van der Waals surface area contributed by atoms with E-state index in [0.717, 1.165) is 36.1 Å². The number of amides is 1. The number of hydrogen-bond acceptors (Lipinski definition) is 7. The van der Waals surface area contributed by atoms with Gasteiger partial charge in [-0.1, -0.05) is 30.0 Å². The van der Waals surface area contributed by atoms with Gasteiger partial charge >= 0.3 is 0 Å². The number of ether oxygens (including phenoxy) is 1. The van der Waals surface area contributed by atoms with Gasteiger partial charge in [0, 0.05) is 4.88 Å². The summed E-state index contributed by atoms with van der Waals surface area (Å²) in [6.07, 6.45) is 2.99. The van der Waals surface area contributed by atoms with Gasteiger partial charge in [-0.2, -0.15) is 5.26 Å². The van der Waals surface area contributed by atoms with Crippen LogP contribution < -0.4 is 10.1 Å². The Hall–Kier alpha value is -2.83. The number of rotatable bonds is 7. The lowest BCUT2D eigenvalue weighted by atomic mass is 10.1. The van der Waals surface area contributed by atoms with Gasteiger partial charge in [0.1, 0.15) is 23.4 Å². The third-order valence-electron chi connectivity index (χ3n) is 4.59. The highest BCUT2D eigenvalue weighted by molar-refractivity contribution is 7.99.